The van der Waals surface area contributed by atoms with Crippen molar-refractivity contribution in [3.63, 3.8) is 0 Å². The maximum absolute atomic E-state index is 15.7. The second-order valence-electron chi connectivity index (χ2n) is 12.3. The maximum atomic E-state index is 15.7. The Morgan fingerprint density at radius 3 is 2.74 bits per heavy atom. The van der Waals surface area contributed by atoms with Crippen LogP contribution < -0.4 is 10.6 Å². The van der Waals surface area contributed by atoms with Crippen molar-refractivity contribution in [2.45, 2.75) is 83.1 Å². The zero-order valence-corrected chi connectivity index (χ0v) is 23.2. The highest BCUT2D eigenvalue weighted by Crippen LogP contribution is 2.70. The van der Waals surface area contributed by atoms with E-state index >= 15 is 4.39 Å². The van der Waals surface area contributed by atoms with E-state index in [1.54, 1.807) is 13.1 Å². The van der Waals surface area contributed by atoms with Crippen molar-refractivity contribution < 1.29 is 38.1 Å². The van der Waals surface area contributed by atoms with Gasteiger partial charge in [-0.2, -0.15) is 0 Å². The lowest BCUT2D eigenvalue weighted by molar-refractivity contribution is -0.202. The van der Waals surface area contributed by atoms with Crippen LogP contribution in [-0.4, -0.2) is 79.8 Å². The van der Waals surface area contributed by atoms with E-state index in [-0.39, 0.29) is 36.4 Å². The molecule has 0 aromatic heterocycles. The van der Waals surface area contributed by atoms with Crippen LogP contribution in [0.3, 0.4) is 0 Å². The number of allylic oxidation sites excluding steroid dienone is 4. The molecule has 10 heteroatoms. The summed E-state index contributed by atoms with van der Waals surface area (Å²) in [5.41, 5.74) is -2.66. The van der Waals surface area contributed by atoms with Gasteiger partial charge in [-0.3, -0.25) is 9.59 Å². The Morgan fingerprint density at radius 2 is 2.03 bits per heavy atom. The molecular weight excluding hydrogens is 507 g/mol. The minimum absolute atomic E-state index is 0.157. The van der Waals surface area contributed by atoms with Gasteiger partial charge >= 0.3 is 6.09 Å². The molecule has 5 aliphatic rings. The molecule has 1 heterocycles. The number of rotatable bonds is 8. The highest BCUT2D eigenvalue weighted by atomic mass is 19.1. The van der Waals surface area contributed by atoms with Gasteiger partial charge in [0.05, 0.1) is 12.2 Å². The molecule has 9 nitrogen and oxygen atoms in total. The molecule has 3 N–H and O–H groups in total. The summed E-state index contributed by atoms with van der Waals surface area (Å²) >= 11 is 0. The predicted octanol–water partition coefficient (Wildman–Crippen LogP) is 2.62. The van der Waals surface area contributed by atoms with Gasteiger partial charge in [-0.05, 0) is 62.3 Å². The van der Waals surface area contributed by atoms with E-state index in [1.807, 2.05) is 20.8 Å². The first-order valence-electron chi connectivity index (χ1n) is 14.2. The van der Waals surface area contributed by atoms with E-state index < -0.39 is 59.6 Å². The molecule has 3 saturated carbocycles. The van der Waals surface area contributed by atoms with Crippen LogP contribution in [0.15, 0.2) is 23.8 Å². The molecule has 216 valence electrons. The number of hydrogen-bond acceptors (Lipinski definition) is 8. The standard InChI is InChI=1S/C29H41FN2O7/c1-5-6-24-38-23-13-18-17-12-20(30)19-11-16(33)7-8-27(19,2)25(17)21(34)14-28(18,3)29(23,39-24)22(35)15-37-26(36)32-10-9-31-4/h7-8,11,17-18,20-21,23-25,31,34H,5-6,9-10,12-15H2,1-4H3,(H,32,36)/t17-,18-,20-,21-,23+,24?,25?,27-,28-,29+/m0/s1. The molecule has 39 heavy (non-hydrogen) atoms. The fourth-order valence-electron chi connectivity index (χ4n) is 8.59. The van der Waals surface area contributed by atoms with Crippen molar-refractivity contribution in [3.05, 3.63) is 23.8 Å². The number of alkyl carbamates (subject to hydrolysis) is 1. The third-order valence-electron chi connectivity index (χ3n) is 10.2. The zero-order valence-electron chi connectivity index (χ0n) is 23.2. The lowest BCUT2D eigenvalue weighted by Crippen LogP contribution is -2.64. The van der Waals surface area contributed by atoms with Crippen molar-refractivity contribution in [2.24, 2.45) is 28.6 Å². The Labute approximate surface area is 228 Å². The molecular formula is C29H41FN2O7. The highest BCUT2D eigenvalue weighted by Gasteiger charge is 2.76. The van der Waals surface area contributed by atoms with Crippen LogP contribution in [0.1, 0.15) is 52.9 Å². The monoisotopic (exact) mass is 548 g/mol. The van der Waals surface area contributed by atoms with Crippen molar-refractivity contribution in [3.8, 4) is 0 Å². The van der Waals surface area contributed by atoms with Gasteiger partial charge in [-0.25, -0.2) is 9.18 Å². The Balaban J connectivity index is 1.46. The normalized spacial score (nSPS) is 44.1. The fourth-order valence-corrected chi connectivity index (χ4v) is 8.59. The number of amides is 1. The first kappa shape index (κ1) is 28.4. The molecule has 0 spiro atoms. The average Bonchev–Trinajstić information content (AvgIpc) is 3.36. The highest BCUT2D eigenvalue weighted by molar-refractivity contribution is 6.01. The van der Waals surface area contributed by atoms with Gasteiger partial charge in [0.1, 0.15) is 6.17 Å². The quantitative estimate of drug-likeness (QED) is 0.396. The number of halogens is 1. The summed E-state index contributed by atoms with van der Waals surface area (Å²) in [7, 11) is 1.76. The topological polar surface area (TPSA) is 123 Å². The summed E-state index contributed by atoms with van der Waals surface area (Å²) in [4.78, 5) is 38.3. The Morgan fingerprint density at radius 1 is 1.26 bits per heavy atom. The van der Waals surface area contributed by atoms with Crippen molar-refractivity contribution in [2.75, 3.05) is 26.7 Å². The predicted molar refractivity (Wildman–Crippen MR) is 139 cm³/mol. The van der Waals surface area contributed by atoms with Crippen LogP contribution in [0.2, 0.25) is 0 Å². The first-order valence-corrected chi connectivity index (χ1v) is 14.2. The minimum Gasteiger partial charge on any atom is -0.441 e. The first-order chi connectivity index (χ1) is 18.5. The van der Waals surface area contributed by atoms with Crippen LogP contribution in [-0.2, 0) is 23.8 Å². The molecule has 4 aliphatic carbocycles. The number of ketones is 2. The molecule has 2 unspecified atom stereocenters. The van der Waals surface area contributed by atoms with Gasteiger partial charge in [0.2, 0.25) is 5.78 Å². The molecule has 5 rings (SSSR count). The third kappa shape index (κ3) is 4.29. The number of carbonyl (C=O) groups excluding carboxylic acids is 3. The molecule has 0 bridgehead atoms. The second kappa shape index (κ2) is 10.4. The number of alkyl halides is 1. The molecule has 10 atom stereocenters. The average molecular weight is 549 g/mol. The van der Waals surface area contributed by atoms with Gasteiger partial charge in [0, 0.05) is 29.8 Å². The number of hydrogen-bond donors (Lipinski definition) is 3. The number of fused-ring (bicyclic) bond motifs is 7. The Hall–Kier alpha value is -2.14. The van der Waals surface area contributed by atoms with Gasteiger partial charge in [0.15, 0.2) is 24.3 Å². The molecule has 0 aromatic rings. The number of aliphatic hydroxyl groups excluding tert-OH is 1. The van der Waals surface area contributed by atoms with E-state index in [1.165, 1.54) is 12.2 Å². The Bertz CT molecular complexity index is 1080. The van der Waals surface area contributed by atoms with Crippen molar-refractivity contribution in [1.82, 2.24) is 10.6 Å². The SMILES string of the molecule is CCCC1O[C@@H]2C[C@H]3[C@@H]4C[C@H](F)C5=CC(=O)C=C[C@]5(C)C4[C@@H](O)C[C@]3(C)[C@]2(C(=O)COC(=O)NCCNC)O1. The molecule has 0 radical (unpaired) electrons. The lowest BCUT2D eigenvalue weighted by atomic mass is 9.46. The summed E-state index contributed by atoms with van der Waals surface area (Å²) in [6.07, 6.45) is 2.82. The Kier molecular flexibility index (Phi) is 7.54. The smallest absolute Gasteiger partial charge is 0.407 e. The van der Waals surface area contributed by atoms with E-state index in [0.717, 1.165) is 6.42 Å². The number of Topliss-reactive ketones (excluding diaryl/α,β-unsaturated/α-hetero) is 1. The van der Waals surface area contributed by atoms with Crippen molar-refractivity contribution in [1.29, 1.82) is 0 Å². The number of likely N-dealkylation sites (N-methyl/N-ethyl adjacent to an activating group) is 1. The van der Waals surface area contributed by atoms with Gasteiger partial charge in [-0.15, -0.1) is 0 Å². The largest absolute Gasteiger partial charge is 0.441 e. The maximum Gasteiger partial charge on any atom is 0.407 e. The third-order valence-corrected chi connectivity index (χ3v) is 10.2. The fraction of sp³-hybridized carbons (Fsp3) is 0.759. The number of aliphatic hydroxyl groups is 1. The zero-order chi connectivity index (χ0) is 28.2. The molecule has 4 fully saturated rings. The summed E-state index contributed by atoms with van der Waals surface area (Å²) < 4.78 is 33.9. The van der Waals surface area contributed by atoms with E-state index in [4.69, 9.17) is 14.2 Å². The van der Waals surface area contributed by atoms with Gasteiger partial charge in [-0.1, -0.05) is 33.3 Å². The molecule has 0 aromatic carbocycles. The summed E-state index contributed by atoms with van der Waals surface area (Å²) in [6, 6.07) is 0. The van der Waals surface area contributed by atoms with Crippen LogP contribution in [0, 0.1) is 28.6 Å². The summed E-state index contributed by atoms with van der Waals surface area (Å²) in [5, 5.41) is 17.2. The minimum atomic E-state index is -1.42. The van der Waals surface area contributed by atoms with Gasteiger partial charge < -0.3 is 30.0 Å². The number of nitrogens with one attached hydrogen (secondary N) is 2. The number of carbonyl (C=O) groups is 3. The van der Waals surface area contributed by atoms with E-state index in [0.29, 0.717) is 31.5 Å². The summed E-state index contributed by atoms with van der Waals surface area (Å²) in [5.74, 6) is -1.38. The van der Waals surface area contributed by atoms with Gasteiger partial charge in [0.25, 0.3) is 0 Å². The molecule has 1 saturated heterocycles. The molecule has 1 amide bonds. The van der Waals surface area contributed by atoms with Crippen molar-refractivity contribution >= 4 is 17.7 Å². The lowest BCUT2D eigenvalue weighted by Gasteiger charge is -2.60. The number of ether oxygens (including phenoxy) is 3. The van der Waals surface area contributed by atoms with Crippen LogP contribution in [0.4, 0.5) is 9.18 Å². The van der Waals surface area contributed by atoms with Crippen LogP contribution in [0.5, 0.6) is 0 Å². The van der Waals surface area contributed by atoms with E-state index in [9.17, 15) is 19.5 Å². The second-order valence-corrected chi connectivity index (χ2v) is 12.3. The van der Waals surface area contributed by atoms with Crippen LogP contribution in [0.25, 0.3) is 0 Å². The summed E-state index contributed by atoms with van der Waals surface area (Å²) in [6.45, 7) is 6.27. The molecule has 1 aliphatic heterocycles. The van der Waals surface area contributed by atoms with E-state index in [2.05, 4.69) is 10.6 Å². The van der Waals surface area contributed by atoms with Crippen LogP contribution >= 0.6 is 0 Å².